The number of ether oxygens (including phenoxy) is 1. The van der Waals surface area contributed by atoms with Gasteiger partial charge in [-0.15, -0.1) is 0 Å². The molecular weight excluding hydrogens is 485 g/mol. The molecule has 10 heteroatoms. The molecular formula is C27H29F3N4O3. The first-order chi connectivity index (χ1) is 17.3. The van der Waals surface area contributed by atoms with Crippen LogP contribution in [0.5, 0.6) is 5.88 Å². The van der Waals surface area contributed by atoms with E-state index in [1.807, 2.05) is 6.07 Å². The molecule has 1 aromatic carbocycles. The first kappa shape index (κ1) is 24.2. The van der Waals surface area contributed by atoms with Crippen molar-refractivity contribution < 1.29 is 27.8 Å². The van der Waals surface area contributed by atoms with Crippen molar-refractivity contribution in [1.29, 1.82) is 0 Å². The predicted octanol–water partition coefficient (Wildman–Crippen LogP) is 5.61. The summed E-state index contributed by atoms with van der Waals surface area (Å²) in [6.45, 7) is 3.49. The van der Waals surface area contributed by atoms with E-state index in [1.165, 1.54) is 11.1 Å². The molecule has 1 aliphatic heterocycles. The number of aliphatic imine (C=N–C) groups is 1. The molecule has 0 atom stereocenters. The van der Waals surface area contributed by atoms with Crippen LogP contribution in [0.25, 0.3) is 0 Å². The monoisotopic (exact) mass is 514 g/mol. The van der Waals surface area contributed by atoms with E-state index >= 15 is 0 Å². The molecule has 0 bridgehead atoms. The van der Waals surface area contributed by atoms with Crippen LogP contribution < -0.4 is 10.5 Å². The summed E-state index contributed by atoms with van der Waals surface area (Å²) in [7, 11) is 0. The molecule has 2 saturated carbocycles. The van der Waals surface area contributed by atoms with Crippen molar-refractivity contribution in [3.05, 3.63) is 40.7 Å². The third-order valence-corrected chi connectivity index (χ3v) is 9.04. The van der Waals surface area contributed by atoms with E-state index in [-0.39, 0.29) is 28.7 Å². The Morgan fingerprint density at radius 2 is 1.81 bits per heavy atom. The van der Waals surface area contributed by atoms with E-state index in [0.29, 0.717) is 5.71 Å². The van der Waals surface area contributed by atoms with Crippen LogP contribution in [0, 0.1) is 11.3 Å². The number of fused-ring (bicyclic) bond motifs is 3. The molecule has 196 valence electrons. The lowest BCUT2D eigenvalue weighted by atomic mass is 9.64. The zero-order valence-corrected chi connectivity index (χ0v) is 20.8. The number of aryl methyl sites for hydroxylation is 1. The van der Waals surface area contributed by atoms with Crippen molar-refractivity contribution in [2.24, 2.45) is 16.3 Å². The van der Waals surface area contributed by atoms with Gasteiger partial charge in [0.25, 0.3) is 0 Å². The lowest BCUT2D eigenvalue weighted by Crippen LogP contribution is -2.41. The molecule has 1 aromatic heterocycles. The summed E-state index contributed by atoms with van der Waals surface area (Å²) >= 11 is 0. The Morgan fingerprint density at radius 3 is 2.43 bits per heavy atom. The molecule has 1 spiro atoms. The van der Waals surface area contributed by atoms with Crippen molar-refractivity contribution >= 4 is 23.2 Å². The van der Waals surface area contributed by atoms with Gasteiger partial charge in [-0.1, -0.05) is 12.1 Å². The SMILES string of the molecule is CC1(C)Oc2nc(C(F)(F)F)nc(N)c2N=C1c1ccc2c(c1)CCC21CCC(C2(C(=O)O)CC2)CC1. The predicted molar refractivity (Wildman–Crippen MR) is 130 cm³/mol. The molecule has 6 rings (SSSR count). The number of anilines is 1. The van der Waals surface area contributed by atoms with Crippen molar-refractivity contribution in [3.8, 4) is 5.88 Å². The lowest BCUT2D eigenvalue weighted by Gasteiger charge is -2.40. The van der Waals surface area contributed by atoms with Crippen LogP contribution in [0.2, 0.25) is 0 Å². The highest BCUT2D eigenvalue weighted by Gasteiger charge is 2.57. The second kappa shape index (κ2) is 7.68. The third-order valence-electron chi connectivity index (χ3n) is 9.04. The zero-order chi connectivity index (χ0) is 26.4. The molecule has 0 saturated heterocycles. The fourth-order valence-electron chi connectivity index (χ4n) is 6.85. The molecule has 0 unspecified atom stereocenters. The Hall–Kier alpha value is -3.17. The summed E-state index contributed by atoms with van der Waals surface area (Å²) in [5.74, 6) is -2.38. The van der Waals surface area contributed by atoms with Crippen LogP contribution in [-0.4, -0.2) is 32.4 Å². The first-order valence-electron chi connectivity index (χ1n) is 12.7. The minimum Gasteiger partial charge on any atom is -0.481 e. The molecule has 7 nitrogen and oxygen atoms in total. The molecule has 2 fully saturated rings. The highest BCUT2D eigenvalue weighted by molar-refractivity contribution is 6.09. The Labute approximate surface area is 212 Å². The fourth-order valence-corrected chi connectivity index (χ4v) is 6.85. The Bertz CT molecular complexity index is 1340. The first-order valence-corrected chi connectivity index (χ1v) is 12.7. The number of rotatable bonds is 3. The van der Waals surface area contributed by atoms with Crippen molar-refractivity contribution in [3.63, 3.8) is 0 Å². The maximum Gasteiger partial charge on any atom is 0.451 e. The molecule has 2 heterocycles. The Balaban J connectivity index is 1.30. The van der Waals surface area contributed by atoms with Gasteiger partial charge in [0.2, 0.25) is 11.7 Å². The maximum absolute atomic E-state index is 13.2. The summed E-state index contributed by atoms with van der Waals surface area (Å²) < 4.78 is 45.4. The molecule has 0 radical (unpaired) electrons. The molecule has 3 aliphatic carbocycles. The highest BCUT2D eigenvalue weighted by Crippen LogP contribution is 2.60. The average Bonchev–Trinajstić information content (AvgIpc) is 3.57. The highest BCUT2D eigenvalue weighted by atomic mass is 19.4. The quantitative estimate of drug-likeness (QED) is 0.551. The van der Waals surface area contributed by atoms with E-state index in [0.717, 1.165) is 56.9 Å². The van der Waals surface area contributed by atoms with Crippen molar-refractivity contribution in [2.45, 2.75) is 82.4 Å². The average molecular weight is 515 g/mol. The van der Waals surface area contributed by atoms with Crippen molar-refractivity contribution in [1.82, 2.24) is 9.97 Å². The number of hydrogen-bond donors (Lipinski definition) is 2. The summed E-state index contributed by atoms with van der Waals surface area (Å²) in [5.41, 5.74) is 8.34. The van der Waals surface area contributed by atoms with Crippen LogP contribution in [0.4, 0.5) is 24.7 Å². The molecule has 0 amide bonds. The van der Waals surface area contributed by atoms with E-state index in [4.69, 9.17) is 10.5 Å². The molecule has 2 aromatic rings. The van der Waals surface area contributed by atoms with Gasteiger partial charge in [0.05, 0.1) is 11.1 Å². The fraction of sp³-hybridized carbons (Fsp3) is 0.556. The standard InChI is InChI=1S/C27H29F3N4O3/c1-24(2)19(32-18-20(31)33-22(27(28,29)30)34-21(18)37-24)15-3-4-17-14(13-15)5-8-25(17)9-6-16(7-10-25)26(11-12-26)23(35)36/h3-4,13,16H,5-12H2,1-2H3,(H,35,36)(H2,31,33,34). The zero-order valence-electron chi connectivity index (χ0n) is 20.8. The van der Waals surface area contributed by atoms with E-state index < -0.39 is 29.0 Å². The van der Waals surface area contributed by atoms with Crippen LogP contribution >= 0.6 is 0 Å². The summed E-state index contributed by atoms with van der Waals surface area (Å²) in [5, 5.41) is 9.71. The molecule has 3 N–H and O–H groups in total. The number of carbonyl (C=O) groups is 1. The number of carboxylic acids is 1. The lowest BCUT2D eigenvalue weighted by molar-refractivity contribution is -0.146. The van der Waals surface area contributed by atoms with Crippen LogP contribution in [0.15, 0.2) is 23.2 Å². The molecule has 4 aliphatic rings. The van der Waals surface area contributed by atoms with Crippen LogP contribution in [0.3, 0.4) is 0 Å². The van der Waals surface area contributed by atoms with Gasteiger partial charge in [0.1, 0.15) is 5.60 Å². The number of benzene rings is 1. The number of aromatic nitrogens is 2. The number of hydrogen-bond acceptors (Lipinski definition) is 6. The van der Waals surface area contributed by atoms with E-state index in [9.17, 15) is 23.1 Å². The second-order valence-electron chi connectivity index (χ2n) is 11.5. The number of nitrogens with two attached hydrogens (primary N) is 1. The maximum atomic E-state index is 13.2. The number of carboxylic acid groups (broad SMARTS) is 1. The van der Waals surface area contributed by atoms with E-state index in [1.54, 1.807) is 13.8 Å². The smallest absolute Gasteiger partial charge is 0.451 e. The minimum absolute atomic E-state index is 0.00468. The summed E-state index contributed by atoms with van der Waals surface area (Å²) in [6, 6.07) is 6.24. The number of nitrogens with zero attached hydrogens (tertiary/aromatic N) is 3. The Kier molecular flexibility index (Phi) is 5.02. The minimum atomic E-state index is -4.75. The molecule has 37 heavy (non-hydrogen) atoms. The van der Waals surface area contributed by atoms with Gasteiger partial charge in [-0.05, 0) is 93.7 Å². The van der Waals surface area contributed by atoms with Crippen LogP contribution in [-0.2, 0) is 22.8 Å². The Morgan fingerprint density at radius 1 is 1.11 bits per heavy atom. The van der Waals surface area contributed by atoms with Gasteiger partial charge < -0.3 is 15.6 Å². The second-order valence-corrected chi connectivity index (χ2v) is 11.5. The number of nitrogen functional groups attached to an aromatic ring is 1. The van der Waals surface area contributed by atoms with Gasteiger partial charge in [0, 0.05) is 5.56 Å². The number of halogens is 3. The van der Waals surface area contributed by atoms with Gasteiger partial charge in [-0.2, -0.15) is 18.2 Å². The van der Waals surface area contributed by atoms with Gasteiger partial charge >= 0.3 is 12.1 Å². The van der Waals surface area contributed by atoms with Crippen molar-refractivity contribution in [2.75, 3.05) is 5.73 Å². The van der Waals surface area contributed by atoms with E-state index in [2.05, 4.69) is 27.1 Å². The third kappa shape index (κ3) is 3.70. The number of aliphatic carboxylic acids is 1. The topological polar surface area (TPSA) is 111 Å². The van der Waals surface area contributed by atoms with Gasteiger partial charge in [0.15, 0.2) is 11.5 Å². The largest absolute Gasteiger partial charge is 0.481 e. The summed E-state index contributed by atoms with van der Waals surface area (Å²) in [4.78, 5) is 23.4. The van der Waals surface area contributed by atoms with Gasteiger partial charge in [-0.25, -0.2) is 9.98 Å². The van der Waals surface area contributed by atoms with Gasteiger partial charge in [-0.3, -0.25) is 4.79 Å². The van der Waals surface area contributed by atoms with Crippen LogP contribution in [0.1, 0.15) is 81.3 Å². The number of alkyl halides is 3. The summed E-state index contributed by atoms with van der Waals surface area (Å²) in [6.07, 6.45) is 2.69. The normalized spacial score (nSPS) is 27.2.